The minimum absolute atomic E-state index is 0.109. The number of nitrogens with zero attached hydrogens (tertiary/aromatic N) is 2. The fourth-order valence-electron chi connectivity index (χ4n) is 1.23. The molecule has 0 bridgehead atoms. The number of rotatable bonds is 5. The fourth-order valence-corrected chi connectivity index (χ4v) is 2.74. The summed E-state index contributed by atoms with van der Waals surface area (Å²) in [6.07, 6.45) is 2.98. The Kier molecular flexibility index (Phi) is 3.65. The van der Waals surface area contributed by atoms with Crippen LogP contribution >= 0.6 is 0 Å². The maximum atomic E-state index is 12.0. The maximum Gasteiger partial charge on any atom is 0.260 e. The molecule has 0 atom stereocenters. The minimum Gasteiger partial charge on any atom is -0.266 e. The molecule has 5 nitrogen and oxygen atoms in total. The number of aromatic amines is 1. The first-order valence-electron chi connectivity index (χ1n) is 4.62. The second kappa shape index (κ2) is 4.59. The van der Waals surface area contributed by atoms with Crippen molar-refractivity contribution in [2.75, 3.05) is 6.54 Å². The van der Waals surface area contributed by atoms with Crippen molar-refractivity contribution >= 4 is 10.0 Å². The second-order valence-electron chi connectivity index (χ2n) is 3.38. The molecule has 1 rings (SSSR count). The lowest BCUT2D eigenvalue weighted by Crippen LogP contribution is -2.37. The highest BCUT2D eigenvalue weighted by atomic mass is 32.2. The van der Waals surface area contributed by atoms with Crippen LogP contribution in [-0.4, -0.2) is 35.5 Å². The van der Waals surface area contributed by atoms with E-state index in [-0.39, 0.29) is 11.1 Å². The Morgan fingerprint density at radius 3 is 2.73 bits per heavy atom. The van der Waals surface area contributed by atoms with E-state index in [1.807, 2.05) is 13.8 Å². The first kappa shape index (κ1) is 11.9. The molecule has 0 aliphatic rings. The van der Waals surface area contributed by atoms with Gasteiger partial charge in [0.15, 0.2) is 5.03 Å². The number of sulfonamides is 1. The standard InChI is InChI=1S/C9H15N3O2S/c1-4-7-12(8(2)3)15(13,14)9-5-6-10-11-9/h4-6,8H,1,7H2,2-3H3,(H,10,11). The van der Waals surface area contributed by atoms with Crippen LogP contribution in [0.15, 0.2) is 29.9 Å². The fraction of sp³-hybridized carbons (Fsp3) is 0.444. The van der Waals surface area contributed by atoms with Gasteiger partial charge >= 0.3 is 0 Å². The van der Waals surface area contributed by atoms with Crippen LogP contribution in [0.5, 0.6) is 0 Å². The van der Waals surface area contributed by atoms with Crippen LogP contribution in [-0.2, 0) is 10.0 Å². The van der Waals surface area contributed by atoms with Gasteiger partial charge in [-0.15, -0.1) is 6.58 Å². The molecule has 1 N–H and O–H groups in total. The van der Waals surface area contributed by atoms with E-state index in [0.29, 0.717) is 6.54 Å². The predicted molar refractivity (Wildman–Crippen MR) is 57.8 cm³/mol. The highest BCUT2D eigenvalue weighted by Crippen LogP contribution is 2.15. The Balaban J connectivity index is 3.07. The van der Waals surface area contributed by atoms with Crippen molar-refractivity contribution in [3.8, 4) is 0 Å². The van der Waals surface area contributed by atoms with Crippen molar-refractivity contribution < 1.29 is 8.42 Å². The van der Waals surface area contributed by atoms with Gasteiger partial charge in [-0.25, -0.2) is 8.42 Å². The molecule has 84 valence electrons. The van der Waals surface area contributed by atoms with Gasteiger partial charge in [0.1, 0.15) is 0 Å². The van der Waals surface area contributed by atoms with E-state index in [4.69, 9.17) is 0 Å². The summed E-state index contributed by atoms with van der Waals surface area (Å²) in [4.78, 5) is 0. The van der Waals surface area contributed by atoms with E-state index in [2.05, 4.69) is 16.8 Å². The van der Waals surface area contributed by atoms with Gasteiger partial charge in [0, 0.05) is 12.6 Å². The Morgan fingerprint density at radius 1 is 1.67 bits per heavy atom. The summed E-state index contributed by atoms with van der Waals surface area (Å²) in [6, 6.07) is 1.32. The molecule has 0 amide bonds. The lowest BCUT2D eigenvalue weighted by Gasteiger charge is -2.23. The van der Waals surface area contributed by atoms with E-state index in [9.17, 15) is 8.42 Å². The molecule has 0 radical (unpaired) electrons. The van der Waals surface area contributed by atoms with Crippen LogP contribution in [0.4, 0.5) is 0 Å². The summed E-state index contributed by atoms with van der Waals surface area (Å²) in [6.45, 7) is 7.47. The molecular formula is C9H15N3O2S. The minimum atomic E-state index is -3.48. The van der Waals surface area contributed by atoms with Gasteiger partial charge in [0.2, 0.25) is 0 Å². The van der Waals surface area contributed by atoms with Crippen molar-refractivity contribution in [3.63, 3.8) is 0 Å². The molecule has 6 heteroatoms. The molecule has 1 aromatic rings. The third-order valence-electron chi connectivity index (χ3n) is 1.95. The number of H-pyrrole nitrogens is 1. The third-order valence-corrected chi connectivity index (χ3v) is 3.92. The SMILES string of the molecule is C=CCN(C(C)C)S(=O)(=O)c1ccn[nH]1. The van der Waals surface area contributed by atoms with E-state index in [1.165, 1.54) is 16.6 Å². The molecular weight excluding hydrogens is 214 g/mol. The Bertz CT molecular complexity index is 409. The molecule has 0 unspecified atom stereocenters. The molecule has 0 aromatic carbocycles. The highest BCUT2D eigenvalue weighted by molar-refractivity contribution is 7.89. The van der Waals surface area contributed by atoms with Crippen LogP contribution in [0.2, 0.25) is 0 Å². The monoisotopic (exact) mass is 229 g/mol. The lowest BCUT2D eigenvalue weighted by molar-refractivity contribution is 0.381. The number of aromatic nitrogens is 2. The zero-order chi connectivity index (χ0) is 11.5. The van der Waals surface area contributed by atoms with Crippen LogP contribution < -0.4 is 0 Å². The second-order valence-corrected chi connectivity index (χ2v) is 5.24. The third kappa shape index (κ3) is 2.45. The highest BCUT2D eigenvalue weighted by Gasteiger charge is 2.26. The van der Waals surface area contributed by atoms with Crippen LogP contribution in [0.1, 0.15) is 13.8 Å². The molecule has 0 aliphatic carbocycles. The Morgan fingerprint density at radius 2 is 2.33 bits per heavy atom. The smallest absolute Gasteiger partial charge is 0.260 e. The van der Waals surface area contributed by atoms with E-state index < -0.39 is 10.0 Å². The Hall–Kier alpha value is -1.14. The predicted octanol–water partition coefficient (Wildman–Crippen LogP) is 0.995. The van der Waals surface area contributed by atoms with E-state index in [0.717, 1.165) is 0 Å². The molecule has 1 aromatic heterocycles. The molecule has 1 heterocycles. The van der Waals surface area contributed by atoms with E-state index in [1.54, 1.807) is 6.08 Å². The average Bonchev–Trinajstić information content (AvgIpc) is 2.66. The van der Waals surface area contributed by atoms with Gasteiger partial charge < -0.3 is 0 Å². The zero-order valence-corrected chi connectivity index (χ0v) is 9.66. The van der Waals surface area contributed by atoms with Crippen molar-refractivity contribution in [3.05, 3.63) is 24.9 Å². The quantitative estimate of drug-likeness (QED) is 0.766. The van der Waals surface area contributed by atoms with Gasteiger partial charge in [-0.3, -0.25) is 5.10 Å². The summed E-state index contributed by atoms with van der Waals surface area (Å²) >= 11 is 0. The molecule has 0 aliphatic heterocycles. The van der Waals surface area contributed by atoms with E-state index >= 15 is 0 Å². The first-order valence-corrected chi connectivity index (χ1v) is 6.06. The van der Waals surface area contributed by atoms with Gasteiger partial charge in [-0.1, -0.05) is 6.08 Å². The van der Waals surface area contributed by atoms with Crippen molar-refractivity contribution in [1.82, 2.24) is 14.5 Å². The van der Waals surface area contributed by atoms with Crippen molar-refractivity contribution in [2.45, 2.75) is 24.9 Å². The van der Waals surface area contributed by atoms with Crippen molar-refractivity contribution in [2.24, 2.45) is 0 Å². The summed E-state index contributed by atoms with van der Waals surface area (Å²) in [5, 5.41) is 6.20. The topological polar surface area (TPSA) is 66.1 Å². The summed E-state index contributed by atoms with van der Waals surface area (Å²) in [5.41, 5.74) is 0. The zero-order valence-electron chi connectivity index (χ0n) is 8.84. The number of hydrogen-bond acceptors (Lipinski definition) is 3. The number of nitrogens with one attached hydrogen (secondary N) is 1. The maximum absolute atomic E-state index is 12.0. The first-order chi connectivity index (χ1) is 7.00. The van der Waals surface area contributed by atoms with Crippen LogP contribution in [0.25, 0.3) is 0 Å². The average molecular weight is 229 g/mol. The van der Waals surface area contributed by atoms with Gasteiger partial charge in [0.25, 0.3) is 10.0 Å². The van der Waals surface area contributed by atoms with Crippen LogP contribution in [0, 0.1) is 0 Å². The molecule has 0 fully saturated rings. The van der Waals surface area contributed by atoms with Gasteiger partial charge in [-0.2, -0.15) is 9.40 Å². The molecule has 0 saturated heterocycles. The van der Waals surface area contributed by atoms with Crippen molar-refractivity contribution in [1.29, 1.82) is 0 Å². The normalized spacial score (nSPS) is 12.3. The summed E-state index contributed by atoms with van der Waals surface area (Å²) in [7, 11) is -3.48. The molecule has 15 heavy (non-hydrogen) atoms. The van der Waals surface area contributed by atoms with Crippen LogP contribution in [0.3, 0.4) is 0 Å². The summed E-state index contributed by atoms with van der Waals surface area (Å²) in [5.74, 6) is 0. The molecule has 0 spiro atoms. The molecule has 0 saturated carbocycles. The van der Waals surface area contributed by atoms with Gasteiger partial charge in [0.05, 0.1) is 6.20 Å². The largest absolute Gasteiger partial charge is 0.266 e. The Labute approximate surface area is 89.8 Å². The summed E-state index contributed by atoms with van der Waals surface area (Å²) < 4.78 is 25.4. The number of hydrogen-bond donors (Lipinski definition) is 1. The lowest BCUT2D eigenvalue weighted by atomic mass is 10.4. The van der Waals surface area contributed by atoms with Gasteiger partial charge in [-0.05, 0) is 19.9 Å².